The van der Waals surface area contributed by atoms with Crippen LogP contribution in [-0.4, -0.2) is 58.2 Å². The van der Waals surface area contributed by atoms with E-state index in [0.717, 1.165) is 35.8 Å². The minimum absolute atomic E-state index is 0.167. The summed E-state index contributed by atoms with van der Waals surface area (Å²) in [5, 5.41) is 9.51. The number of nitriles is 1. The van der Waals surface area contributed by atoms with Crippen LogP contribution in [0, 0.1) is 11.3 Å². The first-order valence-corrected chi connectivity index (χ1v) is 9.59. The molecule has 0 bridgehead atoms. The van der Waals surface area contributed by atoms with Crippen molar-refractivity contribution < 1.29 is 9.53 Å². The molecule has 0 unspecified atom stereocenters. The highest BCUT2D eigenvalue weighted by Gasteiger charge is 2.23. The third-order valence-electron chi connectivity index (χ3n) is 5.08. The van der Waals surface area contributed by atoms with E-state index in [4.69, 9.17) is 4.74 Å². The molecule has 0 N–H and O–H groups in total. The van der Waals surface area contributed by atoms with Crippen molar-refractivity contribution in [3.05, 3.63) is 59.7 Å². The highest BCUT2D eigenvalue weighted by atomic mass is 16.5. The molecule has 1 aliphatic rings. The number of hydrogen-bond donors (Lipinski definition) is 0. The Morgan fingerprint density at radius 2 is 1.66 bits per heavy atom. The number of nitrogens with zero attached hydrogens (tertiary/aromatic N) is 4. The molecule has 1 heterocycles. The van der Waals surface area contributed by atoms with E-state index in [9.17, 15) is 10.1 Å². The molecule has 0 atom stereocenters. The normalized spacial score (nSPS) is 14.3. The van der Waals surface area contributed by atoms with Crippen LogP contribution in [0.1, 0.15) is 5.56 Å². The van der Waals surface area contributed by atoms with Crippen LogP contribution in [0.15, 0.2) is 54.1 Å². The van der Waals surface area contributed by atoms with Crippen LogP contribution in [0.2, 0.25) is 0 Å². The smallest absolute Gasteiger partial charge is 0.264 e. The van der Waals surface area contributed by atoms with E-state index >= 15 is 0 Å². The van der Waals surface area contributed by atoms with Gasteiger partial charge in [0.2, 0.25) is 0 Å². The second-order valence-electron chi connectivity index (χ2n) is 7.13. The molecule has 1 fully saturated rings. The van der Waals surface area contributed by atoms with E-state index in [1.54, 1.807) is 18.1 Å². The Labute approximate surface area is 172 Å². The summed E-state index contributed by atoms with van der Waals surface area (Å²) in [4.78, 5) is 18.8. The summed E-state index contributed by atoms with van der Waals surface area (Å²) in [6.45, 7) is 2.63. The van der Waals surface area contributed by atoms with Crippen molar-refractivity contribution in [2.45, 2.75) is 0 Å². The Hall–Kier alpha value is -3.46. The molecule has 6 heteroatoms. The van der Waals surface area contributed by atoms with Crippen LogP contribution < -0.4 is 14.5 Å². The summed E-state index contributed by atoms with van der Waals surface area (Å²) in [6.07, 6.45) is 1.66. The highest BCUT2D eigenvalue weighted by Crippen LogP contribution is 2.21. The van der Waals surface area contributed by atoms with Crippen LogP contribution in [0.25, 0.3) is 6.08 Å². The van der Waals surface area contributed by atoms with Crippen molar-refractivity contribution in [1.82, 2.24) is 4.90 Å². The van der Waals surface area contributed by atoms with Gasteiger partial charge in [0.25, 0.3) is 5.91 Å². The minimum Gasteiger partial charge on any atom is -0.497 e. The average Bonchev–Trinajstić information content (AvgIpc) is 2.77. The fourth-order valence-electron chi connectivity index (χ4n) is 3.31. The second kappa shape index (κ2) is 9.16. The largest absolute Gasteiger partial charge is 0.497 e. The summed E-state index contributed by atoms with van der Waals surface area (Å²) in [5.74, 6) is 0.614. The zero-order valence-corrected chi connectivity index (χ0v) is 17.1. The monoisotopic (exact) mass is 390 g/mol. The number of carbonyl (C=O) groups is 1. The van der Waals surface area contributed by atoms with E-state index in [2.05, 4.69) is 11.0 Å². The maximum atomic E-state index is 12.8. The number of piperazine rings is 1. The molecular weight excluding hydrogens is 364 g/mol. The van der Waals surface area contributed by atoms with Crippen LogP contribution in [0.3, 0.4) is 0 Å². The maximum absolute atomic E-state index is 12.8. The first-order chi connectivity index (χ1) is 14.0. The van der Waals surface area contributed by atoms with Gasteiger partial charge in [0.05, 0.1) is 7.11 Å². The summed E-state index contributed by atoms with van der Waals surface area (Å²) in [7, 11) is 5.59. The number of methoxy groups -OCH3 is 1. The Balaban J connectivity index is 1.64. The predicted octanol–water partition coefficient (Wildman–Crippen LogP) is 3.02. The van der Waals surface area contributed by atoms with Crippen LogP contribution in [0.5, 0.6) is 5.75 Å². The van der Waals surface area contributed by atoms with E-state index < -0.39 is 0 Å². The number of amides is 1. The number of hydrogen-bond acceptors (Lipinski definition) is 5. The van der Waals surface area contributed by atoms with Crippen LogP contribution >= 0.6 is 0 Å². The molecule has 0 radical (unpaired) electrons. The van der Waals surface area contributed by atoms with Crippen molar-refractivity contribution >= 4 is 23.4 Å². The summed E-state index contributed by atoms with van der Waals surface area (Å²) >= 11 is 0. The van der Waals surface area contributed by atoms with Crippen LogP contribution in [0.4, 0.5) is 11.4 Å². The molecule has 0 aliphatic carbocycles. The quantitative estimate of drug-likeness (QED) is 0.580. The molecule has 1 saturated heterocycles. The maximum Gasteiger partial charge on any atom is 0.264 e. The lowest BCUT2D eigenvalue weighted by molar-refractivity contribution is -0.126. The van der Waals surface area contributed by atoms with Crippen molar-refractivity contribution in [2.24, 2.45) is 0 Å². The van der Waals surface area contributed by atoms with E-state index in [1.165, 1.54) is 0 Å². The summed E-state index contributed by atoms with van der Waals surface area (Å²) < 4.78 is 5.20. The lowest BCUT2D eigenvalue weighted by Crippen LogP contribution is -2.49. The second-order valence-corrected chi connectivity index (χ2v) is 7.13. The van der Waals surface area contributed by atoms with Gasteiger partial charge in [-0.25, -0.2) is 0 Å². The van der Waals surface area contributed by atoms with Gasteiger partial charge in [0, 0.05) is 51.6 Å². The van der Waals surface area contributed by atoms with Crippen LogP contribution in [-0.2, 0) is 4.79 Å². The van der Waals surface area contributed by atoms with Crippen molar-refractivity contribution in [3.8, 4) is 11.8 Å². The zero-order valence-electron chi connectivity index (χ0n) is 17.1. The van der Waals surface area contributed by atoms with Gasteiger partial charge in [0.15, 0.2) is 0 Å². The Morgan fingerprint density at radius 1 is 1.03 bits per heavy atom. The van der Waals surface area contributed by atoms with Gasteiger partial charge in [-0.2, -0.15) is 5.26 Å². The van der Waals surface area contributed by atoms with Gasteiger partial charge in [-0.3, -0.25) is 4.79 Å². The molecule has 1 amide bonds. The Morgan fingerprint density at radius 3 is 2.17 bits per heavy atom. The van der Waals surface area contributed by atoms with Crippen molar-refractivity contribution in [2.75, 3.05) is 57.2 Å². The molecule has 1 aliphatic heterocycles. The third-order valence-corrected chi connectivity index (χ3v) is 5.08. The number of benzene rings is 2. The topological polar surface area (TPSA) is 59.8 Å². The lowest BCUT2D eigenvalue weighted by atomic mass is 10.1. The summed E-state index contributed by atoms with van der Waals surface area (Å²) in [6, 6.07) is 17.8. The number of ether oxygens (including phenoxy) is 1. The number of rotatable bonds is 5. The van der Waals surface area contributed by atoms with Gasteiger partial charge >= 0.3 is 0 Å². The first kappa shape index (κ1) is 20.3. The fourth-order valence-corrected chi connectivity index (χ4v) is 3.31. The molecule has 29 heavy (non-hydrogen) atoms. The molecule has 0 spiro atoms. The Bertz CT molecular complexity index is 903. The molecule has 150 valence electrons. The number of anilines is 2. The SMILES string of the molecule is COc1ccc(N2CCN(C(=O)/C(C#N)=C/c3ccc(N(C)C)cc3)CC2)cc1. The van der Waals surface area contributed by atoms with Gasteiger partial charge in [0.1, 0.15) is 17.4 Å². The van der Waals surface area contributed by atoms with E-state index in [1.807, 2.05) is 67.5 Å². The van der Waals surface area contributed by atoms with Gasteiger partial charge in [-0.1, -0.05) is 12.1 Å². The molecule has 0 aromatic heterocycles. The van der Waals surface area contributed by atoms with Crippen molar-refractivity contribution in [3.63, 3.8) is 0 Å². The number of carbonyl (C=O) groups excluding carboxylic acids is 1. The minimum atomic E-state index is -0.210. The highest BCUT2D eigenvalue weighted by molar-refractivity contribution is 6.01. The van der Waals surface area contributed by atoms with E-state index in [-0.39, 0.29) is 11.5 Å². The molecule has 2 aromatic rings. The molecule has 3 rings (SSSR count). The first-order valence-electron chi connectivity index (χ1n) is 9.59. The molecule has 6 nitrogen and oxygen atoms in total. The molecular formula is C23H26N4O2. The van der Waals surface area contributed by atoms with Crippen molar-refractivity contribution in [1.29, 1.82) is 5.26 Å². The zero-order chi connectivity index (χ0) is 20.8. The summed E-state index contributed by atoms with van der Waals surface area (Å²) in [5.41, 5.74) is 3.19. The third kappa shape index (κ3) is 4.88. The standard InChI is InChI=1S/C23H26N4O2/c1-25(2)20-6-4-18(5-7-20)16-19(17-24)23(28)27-14-12-26(13-15-27)21-8-10-22(29-3)11-9-21/h4-11,16H,12-15H2,1-3H3/b19-16+. The van der Waals surface area contributed by atoms with E-state index in [0.29, 0.717) is 13.1 Å². The van der Waals surface area contributed by atoms with Gasteiger partial charge < -0.3 is 19.4 Å². The average molecular weight is 390 g/mol. The predicted molar refractivity (Wildman–Crippen MR) is 116 cm³/mol. The van der Waals surface area contributed by atoms with Gasteiger partial charge in [-0.05, 0) is 48.0 Å². The molecule has 2 aromatic carbocycles. The van der Waals surface area contributed by atoms with Gasteiger partial charge in [-0.15, -0.1) is 0 Å². The Kier molecular flexibility index (Phi) is 6.40. The molecule has 0 saturated carbocycles. The lowest BCUT2D eigenvalue weighted by Gasteiger charge is -2.36. The fraction of sp³-hybridized carbons (Fsp3) is 0.304.